The molecule has 0 aliphatic carbocycles. The van der Waals surface area contributed by atoms with E-state index in [1.54, 1.807) is 7.11 Å². The molecule has 0 aromatic rings. The third kappa shape index (κ3) is 1.61. The standard InChI is InChI=1S/C8H15NO3/c1-10-6-4-11-7-2-9-3-8(7)12-5-6/h6-9H,2-5H2,1H3/t7-,8-/m0/s1. The summed E-state index contributed by atoms with van der Waals surface area (Å²) in [7, 11) is 1.69. The van der Waals surface area contributed by atoms with Crippen molar-refractivity contribution in [3.8, 4) is 0 Å². The first-order valence-electron chi connectivity index (χ1n) is 4.37. The molecular weight excluding hydrogens is 158 g/mol. The number of nitrogens with one attached hydrogen (secondary N) is 1. The third-order valence-corrected chi connectivity index (χ3v) is 2.43. The highest BCUT2D eigenvalue weighted by Crippen LogP contribution is 2.14. The molecular formula is C8H15NO3. The van der Waals surface area contributed by atoms with Gasteiger partial charge in [-0.1, -0.05) is 0 Å². The van der Waals surface area contributed by atoms with Crippen LogP contribution >= 0.6 is 0 Å². The summed E-state index contributed by atoms with van der Waals surface area (Å²) >= 11 is 0. The van der Waals surface area contributed by atoms with Crippen molar-refractivity contribution in [2.45, 2.75) is 18.3 Å². The number of fused-ring (bicyclic) bond motifs is 1. The minimum Gasteiger partial charge on any atom is -0.377 e. The molecule has 2 aliphatic heterocycles. The van der Waals surface area contributed by atoms with Gasteiger partial charge < -0.3 is 19.5 Å². The zero-order valence-corrected chi connectivity index (χ0v) is 7.29. The van der Waals surface area contributed by atoms with E-state index in [1.165, 1.54) is 0 Å². The second kappa shape index (κ2) is 3.70. The van der Waals surface area contributed by atoms with Gasteiger partial charge in [-0.25, -0.2) is 0 Å². The predicted octanol–water partition coefficient (Wildman–Crippen LogP) is -0.611. The lowest BCUT2D eigenvalue weighted by atomic mass is 10.3. The fraction of sp³-hybridized carbons (Fsp3) is 1.00. The molecule has 0 radical (unpaired) electrons. The summed E-state index contributed by atoms with van der Waals surface area (Å²) in [5.41, 5.74) is 0. The number of hydrogen-bond acceptors (Lipinski definition) is 4. The molecule has 0 amide bonds. The van der Waals surface area contributed by atoms with E-state index in [1.807, 2.05) is 0 Å². The maximum atomic E-state index is 5.62. The van der Waals surface area contributed by atoms with Crippen LogP contribution in [0.4, 0.5) is 0 Å². The smallest absolute Gasteiger partial charge is 0.104 e. The zero-order chi connectivity index (χ0) is 8.39. The summed E-state index contributed by atoms with van der Waals surface area (Å²) in [4.78, 5) is 0. The summed E-state index contributed by atoms with van der Waals surface area (Å²) in [5, 5.41) is 3.23. The highest BCUT2D eigenvalue weighted by atomic mass is 16.6. The van der Waals surface area contributed by atoms with E-state index in [-0.39, 0.29) is 18.3 Å². The van der Waals surface area contributed by atoms with E-state index in [0.717, 1.165) is 13.1 Å². The van der Waals surface area contributed by atoms with Gasteiger partial charge >= 0.3 is 0 Å². The minimum atomic E-state index is 0.107. The monoisotopic (exact) mass is 173 g/mol. The highest BCUT2D eigenvalue weighted by molar-refractivity contribution is 4.85. The number of ether oxygens (including phenoxy) is 3. The molecule has 70 valence electrons. The summed E-state index contributed by atoms with van der Waals surface area (Å²) < 4.78 is 16.4. The summed E-state index contributed by atoms with van der Waals surface area (Å²) in [6, 6.07) is 0. The van der Waals surface area contributed by atoms with Crippen molar-refractivity contribution in [1.82, 2.24) is 5.32 Å². The van der Waals surface area contributed by atoms with E-state index in [4.69, 9.17) is 14.2 Å². The molecule has 0 aromatic heterocycles. The molecule has 2 rings (SSSR count). The largest absolute Gasteiger partial charge is 0.377 e. The Hall–Kier alpha value is -0.160. The Labute approximate surface area is 72.2 Å². The molecule has 4 heteroatoms. The molecule has 0 spiro atoms. The third-order valence-electron chi connectivity index (χ3n) is 2.43. The average Bonchev–Trinajstić information content (AvgIpc) is 2.46. The van der Waals surface area contributed by atoms with Gasteiger partial charge in [-0.15, -0.1) is 0 Å². The first kappa shape index (κ1) is 8.44. The Bertz CT molecular complexity index is 139. The summed E-state index contributed by atoms with van der Waals surface area (Å²) in [6.45, 7) is 3.11. The molecule has 2 atom stereocenters. The van der Waals surface area contributed by atoms with E-state index in [9.17, 15) is 0 Å². The van der Waals surface area contributed by atoms with Crippen LogP contribution < -0.4 is 5.32 Å². The Morgan fingerprint density at radius 3 is 2.25 bits per heavy atom. The van der Waals surface area contributed by atoms with Crippen LogP contribution in [0.2, 0.25) is 0 Å². The van der Waals surface area contributed by atoms with Crippen LogP contribution in [-0.4, -0.2) is 51.7 Å². The van der Waals surface area contributed by atoms with Crippen LogP contribution in [0.5, 0.6) is 0 Å². The van der Waals surface area contributed by atoms with E-state index in [0.29, 0.717) is 13.2 Å². The Balaban J connectivity index is 1.90. The molecule has 2 aliphatic rings. The lowest BCUT2D eigenvalue weighted by molar-refractivity contribution is -0.00461. The lowest BCUT2D eigenvalue weighted by Crippen LogP contribution is -2.27. The molecule has 4 nitrogen and oxygen atoms in total. The topological polar surface area (TPSA) is 39.7 Å². The van der Waals surface area contributed by atoms with Crippen molar-refractivity contribution in [3.05, 3.63) is 0 Å². The first-order chi connectivity index (χ1) is 5.90. The Kier molecular flexibility index (Phi) is 2.60. The van der Waals surface area contributed by atoms with E-state index in [2.05, 4.69) is 5.32 Å². The summed E-state index contributed by atoms with van der Waals surface area (Å²) in [5.74, 6) is 0. The van der Waals surface area contributed by atoms with Crippen molar-refractivity contribution in [2.75, 3.05) is 33.4 Å². The molecule has 0 bridgehead atoms. The van der Waals surface area contributed by atoms with Gasteiger partial charge in [0, 0.05) is 20.2 Å². The van der Waals surface area contributed by atoms with Gasteiger partial charge in [-0.05, 0) is 0 Å². The number of rotatable bonds is 1. The SMILES string of the molecule is COC1CO[C@H]2CNC[C@@H]2OC1. The second-order valence-corrected chi connectivity index (χ2v) is 3.26. The second-order valence-electron chi connectivity index (χ2n) is 3.26. The maximum Gasteiger partial charge on any atom is 0.104 e. The summed E-state index contributed by atoms with van der Waals surface area (Å²) in [6.07, 6.45) is 0.561. The van der Waals surface area contributed by atoms with Crippen LogP contribution in [0, 0.1) is 0 Å². The minimum absolute atomic E-state index is 0.107. The molecule has 2 fully saturated rings. The van der Waals surface area contributed by atoms with Gasteiger partial charge in [0.15, 0.2) is 0 Å². The Morgan fingerprint density at radius 2 is 1.75 bits per heavy atom. The van der Waals surface area contributed by atoms with Crippen LogP contribution in [-0.2, 0) is 14.2 Å². The predicted molar refractivity (Wildman–Crippen MR) is 43.1 cm³/mol. The van der Waals surface area contributed by atoms with Gasteiger partial charge in [0.25, 0.3) is 0 Å². The van der Waals surface area contributed by atoms with Crippen molar-refractivity contribution in [2.24, 2.45) is 0 Å². The first-order valence-corrected chi connectivity index (χ1v) is 4.37. The van der Waals surface area contributed by atoms with Gasteiger partial charge in [-0.2, -0.15) is 0 Å². The van der Waals surface area contributed by atoms with Crippen LogP contribution in [0.15, 0.2) is 0 Å². The van der Waals surface area contributed by atoms with Gasteiger partial charge in [-0.3, -0.25) is 0 Å². The normalized spacial score (nSPS) is 37.8. The molecule has 2 heterocycles. The van der Waals surface area contributed by atoms with Crippen molar-refractivity contribution in [1.29, 1.82) is 0 Å². The van der Waals surface area contributed by atoms with Gasteiger partial charge in [0.05, 0.1) is 25.4 Å². The maximum absolute atomic E-state index is 5.62. The average molecular weight is 173 g/mol. The zero-order valence-electron chi connectivity index (χ0n) is 7.29. The highest BCUT2D eigenvalue weighted by Gasteiger charge is 2.32. The van der Waals surface area contributed by atoms with Crippen LogP contribution in [0.1, 0.15) is 0 Å². The Morgan fingerprint density at radius 1 is 1.17 bits per heavy atom. The molecule has 0 aromatic carbocycles. The number of methoxy groups -OCH3 is 1. The fourth-order valence-electron chi connectivity index (χ4n) is 1.61. The molecule has 0 saturated carbocycles. The fourth-order valence-corrected chi connectivity index (χ4v) is 1.61. The van der Waals surface area contributed by atoms with Crippen LogP contribution in [0.3, 0.4) is 0 Å². The van der Waals surface area contributed by atoms with Crippen molar-refractivity contribution in [3.63, 3.8) is 0 Å². The van der Waals surface area contributed by atoms with Crippen LogP contribution in [0.25, 0.3) is 0 Å². The molecule has 0 unspecified atom stereocenters. The molecule has 2 saturated heterocycles. The van der Waals surface area contributed by atoms with Crippen molar-refractivity contribution >= 4 is 0 Å². The number of hydrogen-bond donors (Lipinski definition) is 1. The quantitative estimate of drug-likeness (QED) is 0.574. The van der Waals surface area contributed by atoms with Gasteiger partial charge in [0.2, 0.25) is 0 Å². The van der Waals surface area contributed by atoms with Gasteiger partial charge in [0.1, 0.15) is 6.10 Å². The molecule has 12 heavy (non-hydrogen) atoms. The van der Waals surface area contributed by atoms with E-state index >= 15 is 0 Å². The van der Waals surface area contributed by atoms with Crippen molar-refractivity contribution < 1.29 is 14.2 Å². The lowest BCUT2D eigenvalue weighted by Gasteiger charge is -2.13. The molecule has 1 N–H and O–H groups in total. The van der Waals surface area contributed by atoms with E-state index < -0.39 is 0 Å².